The Morgan fingerprint density at radius 2 is 1.85 bits per heavy atom. The number of aryl methyl sites for hydroxylation is 1. The van der Waals surface area contributed by atoms with Gasteiger partial charge in [-0.25, -0.2) is 13.9 Å². The van der Waals surface area contributed by atoms with Gasteiger partial charge in [-0.05, 0) is 62.9 Å². The summed E-state index contributed by atoms with van der Waals surface area (Å²) in [6.07, 6.45) is 4.20. The van der Waals surface area contributed by atoms with E-state index in [0.29, 0.717) is 23.0 Å². The number of nitrogens with one attached hydrogen (secondary N) is 1. The van der Waals surface area contributed by atoms with Crippen LogP contribution in [0.15, 0.2) is 52.1 Å². The largest absolute Gasteiger partial charge is 0.352 e. The van der Waals surface area contributed by atoms with E-state index in [4.69, 9.17) is 0 Å². The third-order valence-corrected chi connectivity index (χ3v) is 6.78. The third kappa shape index (κ3) is 3.73. The summed E-state index contributed by atoms with van der Waals surface area (Å²) in [7, 11) is 0. The molecular weight excluding hydrogens is 430 g/mol. The van der Waals surface area contributed by atoms with E-state index in [2.05, 4.69) is 10.4 Å². The van der Waals surface area contributed by atoms with Crippen LogP contribution in [0.2, 0.25) is 0 Å². The average molecular weight is 460 g/mol. The highest BCUT2D eigenvalue weighted by Gasteiger charge is 2.22. The number of benzene rings is 2. The molecule has 0 bridgehead atoms. The van der Waals surface area contributed by atoms with Crippen LogP contribution in [0.25, 0.3) is 16.7 Å². The lowest BCUT2D eigenvalue weighted by molar-refractivity contribution is 0.0938. The molecule has 8 nitrogen and oxygen atoms in total. The van der Waals surface area contributed by atoms with Gasteiger partial charge in [0.25, 0.3) is 11.5 Å². The van der Waals surface area contributed by atoms with E-state index in [9.17, 15) is 14.4 Å². The van der Waals surface area contributed by atoms with Crippen molar-refractivity contribution >= 4 is 22.6 Å². The molecule has 2 heterocycles. The molecule has 8 heteroatoms. The molecule has 2 aromatic carbocycles. The minimum absolute atomic E-state index is 0.178. The fraction of sp³-hybridized carbons (Fsp3) is 0.385. The number of aromatic nitrogens is 4. The molecule has 176 valence electrons. The van der Waals surface area contributed by atoms with Crippen molar-refractivity contribution in [2.75, 3.05) is 0 Å². The molecule has 0 radical (unpaired) electrons. The zero-order chi connectivity index (χ0) is 24.0. The molecule has 2 aromatic heterocycles. The maximum Gasteiger partial charge on any atom is 0.352 e. The lowest BCUT2D eigenvalue weighted by Gasteiger charge is -2.14. The van der Waals surface area contributed by atoms with Gasteiger partial charge in [-0.3, -0.25) is 14.2 Å². The zero-order valence-corrected chi connectivity index (χ0v) is 19.7. The second-order valence-corrected chi connectivity index (χ2v) is 9.46. The summed E-state index contributed by atoms with van der Waals surface area (Å²) in [4.78, 5) is 39.8. The van der Waals surface area contributed by atoms with Crippen LogP contribution in [-0.4, -0.2) is 30.7 Å². The first kappa shape index (κ1) is 22.1. The molecule has 0 saturated heterocycles. The second kappa shape index (κ2) is 8.59. The SMILES string of the molecule is Cc1ccccc1Cn1nc2n(C(C)C)c(=O)c3ccc(C(=O)NC4CCCC4)cc3n2c1=O. The molecule has 0 spiro atoms. The minimum atomic E-state index is -0.342. The minimum Gasteiger partial charge on any atom is -0.349 e. The lowest BCUT2D eigenvalue weighted by atomic mass is 10.1. The molecule has 1 amide bonds. The number of hydrogen-bond donors (Lipinski definition) is 1. The fourth-order valence-corrected chi connectivity index (χ4v) is 4.88. The Balaban J connectivity index is 1.70. The van der Waals surface area contributed by atoms with Gasteiger partial charge in [0, 0.05) is 17.6 Å². The molecule has 1 saturated carbocycles. The summed E-state index contributed by atoms with van der Waals surface area (Å²) >= 11 is 0. The summed E-state index contributed by atoms with van der Waals surface area (Å²) in [5.74, 6) is 0.0924. The summed E-state index contributed by atoms with van der Waals surface area (Å²) in [5, 5.41) is 8.03. The molecule has 1 aliphatic carbocycles. The van der Waals surface area contributed by atoms with Gasteiger partial charge in [0.1, 0.15) is 0 Å². The van der Waals surface area contributed by atoms with Gasteiger partial charge < -0.3 is 5.32 Å². The van der Waals surface area contributed by atoms with E-state index in [-0.39, 0.29) is 35.0 Å². The molecule has 4 aromatic rings. The van der Waals surface area contributed by atoms with Crippen LogP contribution in [0.5, 0.6) is 0 Å². The van der Waals surface area contributed by atoms with Crippen LogP contribution in [-0.2, 0) is 6.54 Å². The van der Waals surface area contributed by atoms with Gasteiger partial charge in [-0.2, -0.15) is 0 Å². The normalized spacial score (nSPS) is 14.5. The zero-order valence-electron chi connectivity index (χ0n) is 19.7. The molecule has 1 N–H and O–H groups in total. The van der Waals surface area contributed by atoms with Crippen molar-refractivity contribution in [1.82, 2.24) is 24.1 Å². The van der Waals surface area contributed by atoms with Gasteiger partial charge in [0.2, 0.25) is 5.78 Å². The van der Waals surface area contributed by atoms with E-state index in [0.717, 1.165) is 36.8 Å². The van der Waals surface area contributed by atoms with Crippen molar-refractivity contribution in [3.8, 4) is 0 Å². The van der Waals surface area contributed by atoms with Gasteiger partial charge in [-0.1, -0.05) is 37.1 Å². The maximum atomic E-state index is 13.6. The van der Waals surface area contributed by atoms with E-state index in [1.54, 1.807) is 18.2 Å². The number of amides is 1. The monoisotopic (exact) mass is 459 g/mol. The van der Waals surface area contributed by atoms with Crippen LogP contribution >= 0.6 is 0 Å². The topological polar surface area (TPSA) is 90.4 Å². The molecule has 34 heavy (non-hydrogen) atoms. The van der Waals surface area contributed by atoms with E-state index in [1.165, 1.54) is 13.6 Å². The number of hydrogen-bond acceptors (Lipinski definition) is 4. The molecule has 1 fully saturated rings. The number of carbonyl (C=O) groups excluding carboxylic acids is 1. The Labute approximate surface area is 196 Å². The van der Waals surface area contributed by atoms with Crippen molar-refractivity contribution in [1.29, 1.82) is 0 Å². The summed E-state index contributed by atoms with van der Waals surface area (Å²) in [6.45, 7) is 6.07. The van der Waals surface area contributed by atoms with Crippen LogP contribution < -0.4 is 16.6 Å². The number of fused-ring (bicyclic) bond motifs is 3. The Hall–Kier alpha value is -3.68. The molecule has 0 unspecified atom stereocenters. The highest BCUT2D eigenvalue weighted by Crippen LogP contribution is 2.20. The first-order valence-corrected chi connectivity index (χ1v) is 11.9. The maximum absolute atomic E-state index is 13.6. The number of carbonyl (C=O) groups is 1. The third-order valence-electron chi connectivity index (χ3n) is 6.78. The first-order valence-electron chi connectivity index (χ1n) is 11.9. The van der Waals surface area contributed by atoms with Crippen molar-refractivity contribution < 1.29 is 4.79 Å². The van der Waals surface area contributed by atoms with Crippen molar-refractivity contribution in [2.24, 2.45) is 0 Å². The van der Waals surface area contributed by atoms with E-state index >= 15 is 0 Å². The van der Waals surface area contributed by atoms with Crippen molar-refractivity contribution in [2.45, 2.75) is 65.1 Å². The number of nitrogens with zero attached hydrogens (tertiary/aromatic N) is 4. The van der Waals surface area contributed by atoms with Crippen LogP contribution in [0.4, 0.5) is 0 Å². The highest BCUT2D eigenvalue weighted by atomic mass is 16.2. The molecular formula is C26H29N5O3. The molecule has 5 rings (SSSR count). The standard InChI is InChI=1S/C26H29N5O3/c1-16(2)30-24(33)21-13-12-18(23(32)27-20-10-6-7-11-20)14-22(21)31-25(30)28-29(26(31)34)15-19-9-5-4-8-17(19)3/h4-5,8-9,12-14,16,20H,6-7,10-11,15H2,1-3H3,(H,27,32). The highest BCUT2D eigenvalue weighted by molar-refractivity contribution is 5.98. The fourth-order valence-electron chi connectivity index (χ4n) is 4.88. The van der Waals surface area contributed by atoms with E-state index in [1.807, 2.05) is 45.0 Å². The summed E-state index contributed by atoms with van der Waals surface area (Å²) in [6, 6.07) is 12.8. The van der Waals surface area contributed by atoms with Gasteiger partial charge in [0.05, 0.1) is 17.4 Å². The van der Waals surface area contributed by atoms with Gasteiger partial charge >= 0.3 is 5.69 Å². The van der Waals surface area contributed by atoms with Crippen LogP contribution in [0.3, 0.4) is 0 Å². The van der Waals surface area contributed by atoms with E-state index < -0.39 is 0 Å². The Kier molecular flexibility index (Phi) is 5.59. The Bertz CT molecular complexity index is 1520. The van der Waals surface area contributed by atoms with Crippen molar-refractivity contribution in [3.05, 3.63) is 80.0 Å². The molecule has 1 aliphatic rings. The smallest absolute Gasteiger partial charge is 0.349 e. The lowest BCUT2D eigenvalue weighted by Crippen LogP contribution is -2.33. The molecule has 0 atom stereocenters. The van der Waals surface area contributed by atoms with Gasteiger partial charge in [0.15, 0.2) is 0 Å². The average Bonchev–Trinajstić information content (AvgIpc) is 3.43. The molecule has 0 aliphatic heterocycles. The Morgan fingerprint density at radius 3 is 2.56 bits per heavy atom. The first-order chi connectivity index (χ1) is 16.3. The van der Waals surface area contributed by atoms with Crippen LogP contribution in [0, 0.1) is 6.92 Å². The van der Waals surface area contributed by atoms with Gasteiger partial charge in [-0.15, -0.1) is 5.10 Å². The second-order valence-electron chi connectivity index (χ2n) is 9.46. The van der Waals surface area contributed by atoms with Crippen molar-refractivity contribution in [3.63, 3.8) is 0 Å². The van der Waals surface area contributed by atoms with Crippen LogP contribution in [0.1, 0.15) is 67.1 Å². The number of rotatable bonds is 5. The predicted molar refractivity (Wildman–Crippen MR) is 132 cm³/mol. The predicted octanol–water partition coefficient (Wildman–Crippen LogP) is 3.42. The quantitative estimate of drug-likeness (QED) is 0.495. The Morgan fingerprint density at radius 1 is 1.12 bits per heavy atom. The summed E-state index contributed by atoms with van der Waals surface area (Å²) in [5.41, 5.74) is 2.30. The summed E-state index contributed by atoms with van der Waals surface area (Å²) < 4.78 is 4.39.